The van der Waals surface area contributed by atoms with Crippen molar-refractivity contribution < 1.29 is 24.2 Å². The summed E-state index contributed by atoms with van der Waals surface area (Å²) in [6.07, 6.45) is 7.20. The van der Waals surface area contributed by atoms with Crippen molar-refractivity contribution >= 4 is 17.7 Å². The number of fused-ring (bicyclic) bond motifs is 1. The Balaban J connectivity index is 1.97. The Labute approximate surface area is 197 Å². The molecule has 1 N–H and O–H groups in total. The fourth-order valence-electron chi connectivity index (χ4n) is 5.86. The topological polar surface area (TPSA) is 90.4 Å². The molecular weight excluding hydrogens is 422 g/mol. The number of nitrogens with zero attached hydrogens (tertiary/aromatic N) is 3. The summed E-state index contributed by atoms with van der Waals surface area (Å²) in [5, 5.41) is 9.26. The summed E-state index contributed by atoms with van der Waals surface area (Å²) >= 11 is 0. The first-order valence-electron chi connectivity index (χ1n) is 12.2. The number of hydrogen-bond acceptors (Lipinski definition) is 5. The van der Waals surface area contributed by atoms with Gasteiger partial charge in [0.05, 0.1) is 17.9 Å². The van der Waals surface area contributed by atoms with Gasteiger partial charge in [0.1, 0.15) is 11.6 Å². The maximum atomic E-state index is 13.9. The van der Waals surface area contributed by atoms with Crippen LogP contribution in [-0.4, -0.2) is 95.1 Å². The highest BCUT2D eigenvalue weighted by Crippen LogP contribution is 2.58. The predicted molar refractivity (Wildman–Crippen MR) is 125 cm³/mol. The van der Waals surface area contributed by atoms with Gasteiger partial charge in [0.2, 0.25) is 17.7 Å². The van der Waals surface area contributed by atoms with E-state index in [0.717, 1.165) is 12.8 Å². The SMILES string of the molecule is C=CCN(C)C(=O)[C@@H]1[C@@H]2CCC3(O2)C(C(=O)N(CC=C)CCCC)N(CCCCO)C(=O)[C@H]13. The molecule has 3 fully saturated rings. The van der Waals surface area contributed by atoms with Gasteiger partial charge < -0.3 is 24.5 Å². The molecule has 0 aliphatic carbocycles. The van der Waals surface area contributed by atoms with Gasteiger partial charge in [0.25, 0.3) is 0 Å². The maximum absolute atomic E-state index is 13.9. The molecule has 8 nitrogen and oxygen atoms in total. The average Bonchev–Trinajstić information content (AvgIpc) is 3.44. The number of ether oxygens (including phenoxy) is 1. The first-order chi connectivity index (χ1) is 15.9. The van der Waals surface area contributed by atoms with Crippen LogP contribution in [0.5, 0.6) is 0 Å². The molecule has 3 heterocycles. The van der Waals surface area contributed by atoms with Gasteiger partial charge in [-0.3, -0.25) is 14.4 Å². The molecule has 0 radical (unpaired) electrons. The summed E-state index contributed by atoms with van der Waals surface area (Å²) in [6, 6.07) is -0.752. The van der Waals surface area contributed by atoms with Crippen molar-refractivity contribution in [3.63, 3.8) is 0 Å². The van der Waals surface area contributed by atoms with Crippen LogP contribution in [0.4, 0.5) is 0 Å². The summed E-state index contributed by atoms with van der Waals surface area (Å²) in [6.45, 7) is 11.4. The molecule has 3 rings (SSSR count). The van der Waals surface area contributed by atoms with Crippen molar-refractivity contribution in [2.24, 2.45) is 11.8 Å². The first-order valence-corrected chi connectivity index (χ1v) is 12.2. The number of likely N-dealkylation sites (tertiary alicyclic amines) is 1. The van der Waals surface area contributed by atoms with E-state index >= 15 is 0 Å². The zero-order valence-electron chi connectivity index (χ0n) is 20.1. The Bertz CT molecular complexity index is 771. The Kier molecular flexibility index (Phi) is 8.34. The Morgan fingerprint density at radius 3 is 2.58 bits per heavy atom. The normalized spacial score (nSPS) is 29.8. The number of unbranched alkanes of at least 4 members (excludes halogenated alkanes) is 2. The van der Waals surface area contributed by atoms with Crippen molar-refractivity contribution in [1.29, 1.82) is 0 Å². The molecule has 3 amide bonds. The standard InChI is InChI=1S/C25H39N3O5/c1-5-8-15-27(14-7-3)24(32)21-25-12-11-18(33-25)19(22(30)26(4)13-6-2)20(25)23(31)28(21)16-9-10-17-29/h6-7,18-21,29H,2-3,5,8-17H2,1,4H3/t18-,19+,20-,21?,25?/m0/s1. The molecule has 0 aromatic heterocycles. The van der Waals surface area contributed by atoms with Crippen LogP contribution in [-0.2, 0) is 19.1 Å². The van der Waals surface area contributed by atoms with Crippen molar-refractivity contribution in [3.05, 3.63) is 25.3 Å². The third-order valence-electron chi connectivity index (χ3n) is 7.35. The second kappa shape index (κ2) is 10.8. The van der Waals surface area contributed by atoms with E-state index < -0.39 is 23.5 Å². The predicted octanol–water partition coefficient (Wildman–Crippen LogP) is 1.59. The summed E-state index contributed by atoms with van der Waals surface area (Å²) in [7, 11) is 1.71. The van der Waals surface area contributed by atoms with Crippen LogP contribution in [0.3, 0.4) is 0 Å². The van der Waals surface area contributed by atoms with E-state index in [4.69, 9.17) is 4.74 Å². The van der Waals surface area contributed by atoms with E-state index in [9.17, 15) is 19.5 Å². The van der Waals surface area contributed by atoms with Gasteiger partial charge in [-0.1, -0.05) is 25.5 Å². The van der Waals surface area contributed by atoms with Crippen LogP contribution in [0.15, 0.2) is 25.3 Å². The lowest BCUT2D eigenvalue weighted by Gasteiger charge is -2.37. The van der Waals surface area contributed by atoms with Gasteiger partial charge in [-0.15, -0.1) is 13.2 Å². The lowest BCUT2D eigenvalue weighted by atomic mass is 9.70. The first kappa shape index (κ1) is 25.4. The second-order valence-corrected chi connectivity index (χ2v) is 9.45. The van der Waals surface area contributed by atoms with Crippen LogP contribution < -0.4 is 0 Å². The maximum Gasteiger partial charge on any atom is 0.248 e. The molecule has 3 saturated heterocycles. The average molecular weight is 462 g/mol. The number of likely N-dealkylation sites (N-methyl/N-ethyl adjacent to an activating group) is 1. The molecule has 0 aromatic carbocycles. The number of carbonyl (C=O) groups excluding carboxylic acids is 3. The molecule has 5 atom stereocenters. The van der Waals surface area contributed by atoms with E-state index in [0.29, 0.717) is 51.9 Å². The largest absolute Gasteiger partial charge is 0.396 e. The van der Waals surface area contributed by atoms with Gasteiger partial charge in [-0.05, 0) is 32.1 Å². The highest BCUT2D eigenvalue weighted by Gasteiger charge is 2.74. The highest BCUT2D eigenvalue weighted by atomic mass is 16.5. The van der Waals surface area contributed by atoms with E-state index in [-0.39, 0.29) is 30.4 Å². The van der Waals surface area contributed by atoms with Crippen molar-refractivity contribution in [2.45, 2.75) is 63.2 Å². The zero-order valence-corrected chi connectivity index (χ0v) is 20.1. The molecule has 3 aliphatic rings. The summed E-state index contributed by atoms with van der Waals surface area (Å²) in [5.74, 6) is -1.67. The molecule has 0 saturated carbocycles. The van der Waals surface area contributed by atoms with E-state index in [1.807, 2.05) is 0 Å². The summed E-state index contributed by atoms with van der Waals surface area (Å²) in [4.78, 5) is 46.0. The molecule has 2 bridgehead atoms. The fourth-order valence-corrected chi connectivity index (χ4v) is 5.86. The lowest BCUT2D eigenvalue weighted by molar-refractivity contribution is -0.148. The number of hydrogen-bond donors (Lipinski definition) is 1. The molecule has 3 aliphatic heterocycles. The van der Waals surface area contributed by atoms with E-state index in [1.54, 1.807) is 33.9 Å². The monoisotopic (exact) mass is 461 g/mol. The molecule has 1 spiro atoms. The molecular formula is C25H39N3O5. The molecule has 0 aromatic rings. The van der Waals surface area contributed by atoms with Crippen LogP contribution in [0.25, 0.3) is 0 Å². The van der Waals surface area contributed by atoms with Crippen molar-refractivity contribution in [3.8, 4) is 0 Å². The van der Waals surface area contributed by atoms with Crippen molar-refractivity contribution in [2.75, 3.05) is 39.8 Å². The van der Waals surface area contributed by atoms with Crippen molar-refractivity contribution in [1.82, 2.24) is 14.7 Å². The van der Waals surface area contributed by atoms with Gasteiger partial charge in [-0.25, -0.2) is 0 Å². The zero-order chi connectivity index (χ0) is 24.2. The fraction of sp³-hybridized carbons (Fsp3) is 0.720. The third kappa shape index (κ3) is 4.47. The third-order valence-corrected chi connectivity index (χ3v) is 7.35. The van der Waals surface area contributed by atoms with Gasteiger partial charge in [0, 0.05) is 39.8 Å². The Hall–Kier alpha value is -2.19. The second-order valence-electron chi connectivity index (χ2n) is 9.45. The summed E-state index contributed by atoms with van der Waals surface area (Å²) < 4.78 is 6.46. The minimum atomic E-state index is -0.973. The number of aliphatic hydroxyl groups excluding tert-OH is 1. The van der Waals surface area contributed by atoms with E-state index in [1.165, 1.54) is 0 Å². The Morgan fingerprint density at radius 1 is 1.21 bits per heavy atom. The minimum Gasteiger partial charge on any atom is -0.396 e. The van der Waals surface area contributed by atoms with Crippen LogP contribution in [0.2, 0.25) is 0 Å². The van der Waals surface area contributed by atoms with Gasteiger partial charge in [0.15, 0.2) is 0 Å². The number of amides is 3. The quantitative estimate of drug-likeness (QED) is 0.332. The minimum absolute atomic E-state index is 0.0281. The summed E-state index contributed by atoms with van der Waals surface area (Å²) in [5.41, 5.74) is -0.973. The molecule has 33 heavy (non-hydrogen) atoms. The van der Waals surface area contributed by atoms with Crippen LogP contribution in [0, 0.1) is 11.8 Å². The van der Waals surface area contributed by atoms with E-state index in [2.05, 4.69) is 20.1 Å². The molecule has 2 unspecified atom stereocenters. The number of carbonyl (C=O) groups is 3. The molecule has 184 valence electrons. The van der Waals surface area contributed by atoms with Gasteiger partial charge in [-0.2, -0.15) is 0 Å². The highest BCUT2D eigenvalue weighted by molar-refractivity contribution is 5.99. The smallest absolute Gasteiger partial charge is 0.248 e. The lowest BCUT2D eigenvalue weighted by Crippen LogP contribution is -2.56. The number of rotatable bonds is 13. The van der Waals surface area contributed by atoms with Gasteiger partial charge >= 0.3 is 0 Å². The van der Waals surface area contributed by atoms with Crippen LogP contribution >= 0.6 is 0 Å². The Morgan fingerprint density at radius 2 is 1.94 bits per heavy atom. The van der Waals surface area contributed by atoms with Crippen LogP contribution in [0.1, 0.15) is 45.4 Å². The number of aliphatic hydroxyl groups is 1. The molecule has 8 heteroatoms.